The molecule has 1 nitrogen and oxygen atoms in total. The Labute approximate surface area is 124 Å². The first-order chi connectivity index (χ1) is 8.77. The summed E-state index contributed by atoms with van der Waals surface area (Å²) in [7, 11) is 0. The summed E-state index contributed by atoms with van der Waals surface area (Å²) in [5, 5.41) is 10.4. The van der Waals surface area contributed by atoms with Gasteiger partial charge >= 0.3 is 0 Å². The van der Waals surface area contributed by atoms with Crippen LogP contribution in [0.25, 0.3) is 0 Å². The molecule has 0 saturated heterocycles. The van der Waals surface area contributed by atoms with Gasteiger partial charge in [-0.2, -0.15) is 0 Å². The first-order valence-corrected chi connectivity index (χ1v) is 8.05. The lowest BCUT2D eigenvalue weighted by Crippen LogP contribution is -2.31. The summed E-state index contributed by atoms with van der Waals surface area (Å²) in [5.41, 5.74) is 2.97. The lowest BCUT2D eigenvalue weighted by molar-refractivity contribution is 0.133. The normalized spacial score (nSPS) is 35.8. The van der Waals surface area contributed by atoms with Gasteiger partial charge in [-0.05, 0) is 72.1 Å². The Hall–Kier alpha value is -0.500. The fourth-order valence-corrected chi connectivity index (χ4v) is 5.00. The predicted octanol–water partition coefficient (Wildman–Crippen LogP) is 5.39. The van der Waals surface area contributed by atoms with E-state index in [0.717, 1.165) is 21.5 Å². The minimum absolute atomic E-state index is 0.323. The maximum atomic E-state index is 10.4. The zero-order chi connectivity index (χ0) is 14.0. The highest BCUT2D eigenvalue weighted by molar-refractivity contribution is 9.10. The van der Waals surface area contributed by atoms with E-state index in [-0.39, 0.29) is 0 Å². The van der Waals surface area contributed by atoms with Crippen LogP contribution >= 0.6 is 15.9 Å². The summed E-state index contributed by atoms with van der Waals surface area (Å²) in [6, 6.07) is 4.05. The van der Waals surface area contributed by atoms with Gasteiger partial charge in [-0.25, -0.2) is 0 Å². The van der Waals surface area contributed by atoms with Crippen LogP contribution in [0.2, 0.25) is 0 Å². The second-order valence-corrected chi connectivity index (χ2v) is 8.18. The van der Waals surface area contributed by atoms with E-state index < -0.39 is 0 Å². The van der Waals surface area contributed by atoms with Crippen LogP contribution < -0.4 is 0 Å². The highest BCUT2D eigenvalue weighted by Crippen LogP contribution is 2.71. The summed E-state index contributed by atoms with van der Waals surface area (Å²) < 4.78 is 1.12. The first kappa shape index (κ1) is 13.5. The molecule has 2 aliphatic rings. The maximum absolute atomic E-state index is 10.4. The van der Waals surface area contributed by atoms with Gasteiger partial charge in [0.1, 0.15) is 5.75 Å². The molecule has 0 amide bonds. The number of benzene rings is 1. The van der Waals surface area contributed by atoms with E-state index in [0.29, 0.717) is 22.5 Å². The summed E-state index contributed by atoms with van der Waals surface area (Å²) in [5.74, 6) is 1.79. The van der Waals surface area contributed by atoms with Crippen LogP contribution in [0.1, 0.15) is 57.1 Å². The van der Waals surface area contributed by atoms with Crippen molar-refractivity contribution < 1.29 is 5.11 Å². The van der Waals surface area contributed by atoms with E-state index in [1.165, 1.54) is 19.3 Å². The van der Waals surface area contributed by atoms with Crippen LogP contribution in [0, 0.1) is 23.7 Å². The molecule has 0 heterocycles. The number of fused-ring (bicyclic) bond motifs is 2. The fourth-order valence-electron chi connectivity index (χ4n) is 4.63. The molecule has 104 valence electrons. The van der Waals surface area contributed by atoms with E-state index in [1.807, 2.05) is 13.0 Å². The van der Waals surface area contributed by atoms with Crippen LogP contribution in [0.15, 0.2) is 16.6 Å². The third kappa shape index (κ3) is 1.65. The van der Waals surface area contributed by atoms with Crippen molar-refractivity contribution in [2.75, 3.05) is 0 Å². The molecule has 0 aliphatic heterocycles. The smallest absolute Gasteiger partial charge is 0.119 e. The molecule has 2 bridgehead atoms. The second kappa shape index (κ2) is 4.00. The van der Waals surface area contributed by atoms with Gasteiger partial charge in [0.2, 0.25) is 0 Å². The average molecular weight is 323 g/mol. The van der Waals surface area contributed by atoms with Crippen molar-refractivity contribution in [3.63, 3.8) is 0 Å². The van der Waals surface area contributed by atoms with Crippen molar-refractivity contribution >= 4 is 15.9 Å². The predicted molar refractivity (Wildman–Crippen MR) is 82.5 cm³/mol. The molecule has 1 N–H and O–H groups in total. The van der Waals surface area contributed by atoms with Crippen molar-refractivity contribution in [2.24, 2.45) is 16.7 Å². The first-order valence-electron chi connectivity index (χ1n) is 7.26. The number of phenols is 1. The van der Waals surface area contributed by atoms with Crippen molar-refractivity contribution in [3.8, 4) is 5.75 Å². The molecule has 0 aromatic heterocycles. The van der Waals surface area contributed by atoms with Crippen molar-refractivity contribution in [1.82, 2.24) is 0 Å². The van der Waals surface area contributed by atoms with Crippen LogP contribution in [0.5, 0.6) is 5.75 Å². The molecule has 1 aromatic rings. The third-order valence-corrected chi connectivity index (χ3v) is 7.33. The molecular weight excluding hydrogens is 300 g/mol. The number of aromatic hydroxyl groups is 1. The molecule has 2 saturated carbocycles. The van der Waals surface area contributed by atoms with Gasteiger partial charge in [-0.1, -0.05) is 36.7 Å². The van der Waals surface area contributed by atoms with Gasteiger partial charge < -0.3 is 5.11 Å². The van der Waals surface area contributed by atoms with Crippen molar-refractivity contribution in [2.45, 2.75) is 52.9 Å². The van der Waals surface area contributed by atoms with Gasteiger partial charge in [0.15, 0.2) is 0 Å². The molecular formula is C17H23BrO. The molecule has 2 aliphatic carbocycles. The highest BCUT2D eigenvalue weighted by atomic mass is 79.9. The topological polar surface area (TPSA) is 20.2 Å². The molecule has 3 rings (SSSR count). The summed E-state index contributed by atoms with van der Waals surface area (Å²) in [6.45, 7) is 9.30. The number of halogens is 1. The molecule has 2 fully saturated rings. The standard InChI is InChI=1S/C17H23BrO/c1-10-7-15(19)12(9-14(10)18)13-8-11-5-6-17(13,4)16(11,2)3/h7,9,11,13,19H,5-6,8H2,1-4H3. The highest BCUT2D eigenvalue weighted by Gasteiger charge is 2.61. The van der Waals surface area contributed by atoms with Gasteiger partial charge in [0.25, 0.3) is 0 Å². The summed E-state index contributed by atoms with van der Waals surface area (Å²) in [4.78, 5) is 0. The zero-order valence-electron chi connectivity index (χ0n) is 12.3. The van der Waals surface area contributed by atoms with E-state index in [1.54, 1.807) is 0 Å². The SMILES string of the molecule is Cc1cc(O)c(C2CC3CCC2(C)C3(C)C)cc1Br. The molecule has 0 spiro atoms. The van der Waals surface area contributed by atoms with E-state index >= 15 is 0 Å². The molecule has 3 unspecified atom stereocenters. The lowest BCUT2D eigenvalue weighted by atomic mass is 9.65. The Balaban J connectivity index is 2.08. The number of phenolic OH excluding ortho intramolecular Hbond substituents is 1. The van der Waals surface area contributed by atoms with E-state index in [4.69, 9.17) is 0 Å². The van der Waals surface area contributed by atoms with Crippen molar-refractivity contribution in [3.05, 3.63) is 27.7 Å². The van der Waals surface area contributed by atoms with Gasteiger partial charge in [-0.3, -0.25) is 0 Å². The Morgan fingerprint density at radius 2 is 1.95 bits per heavy atom. The fraction of sp³-hybridized carbons (Fsp3) is 0.647. The minimum atomic E-state index is 0.323. The summed E-state index contributed by atoms with van der Waals surface area (Å²) in [6.07, 6.45) is 3.88. The van der Waals surface area contributed by atoms with Crippen LogP contribution in [-0.4, -0.2) is 5.11 Å². The molecule has 19 heavy (non-hydrogen) atoms. The van der Waals surface area contributed by atoms with Gasteiger partial charge in [0.05, 0.1) is 0 Å². The lowest BCUT2D eigenvalue weighted by Gasteiger charge is -2.39. The molecule has 2 heteroatoms. The number of hydrogen-bond donors (Lipinski definition) is 1. The van der Waals surface area contributed by atoms with Gasteiger partial charge in [-0.15, -0.1) is 0 Å². The number of hydrogen-bond acceptors (Lipinski definition) is 1. The molecule has 3 atom stereocenters. The largest absolute Gasteiger partial charge is 0.508 e. The Morgan fingerprint density at radius 3 is 2.47 bits per heavy atom. The Bertz CT molecular complexity index is 534. The Morgan fingerprint density at radius 1 is 1.26 bits per heavy atom. The zero-order valence-corrected chi connectivity index (χ0v) is 13.8. The van der Waals surface area contributed by atoms with Gasteiger partial charge in [0, 0.05) is 4.47 Å². The third-order valence-electron chi connectivity index (χ3n) is 6.48. The second-order valence-electron chi connectivity index (χ2n) is 7.32. The average Bonchev–Trinajstić information content (AvgIpc) is 2.66. The number of aryl methyl sites for hydroxylation is 1. The van der Waals surface area contributed by atoms with E-state index in [9.17, 15) is 5.11 Å². The van der Waals surface area contributed by atoms with Crippen LogP contribution in [-0.2, 0) is 0 Å². The maximum Gasteiger partial charge on any atom is 0.119 e. The van der Waals surface area contributed by atoms with Crippen LogP contribution in [0.4, 0.5) is 0 Å². The minimum Gasteiger partial charge on any atom is -0.508 e. The quantitative estimate of drug-likeness (QED) is 0.734. The van der Waals surface area contributed by atoms with Crippen LogP contribution in [0.3, 0.4) is 0 Å². The Kier molecular flexibility index (Phi) is 2.84. The molecule has 1 aromatic carbocycles. The summed E-state index contributed by atoms with van der Waals surface area (Å²) >= 11 is 3.62. The monoisotopic (exact) mass is 322 g/mol. The molecule has 0 radical (unpaired) electrons. The van der Waals surface area contributed by atoms with Crippen molar-refractivity contribution in [1.29, 1.82) is 0 Å². The number of rotatable bonds is 1. The van der Waals surface area contributed by atoms with E-state index in [2.05, 4.69) is 42.8 Å².